The quantitative estimate of drug-likeness (QED) is 0.122. The van der Waals surface area contributed by atoms with E-state index in [1.54, 1.807) is 20.8 Å². The van der Waals surface area contributed by atoms with Crippen LogP contribution in [-0.4, -0.2) is 103 Å². The highest BCUT2D eigenvalue weighted by atomic mass is 16.6. The summed E-state index contributed by atoms with van der Waals surface area (Å²) in [5.41, 5.74) is 0.980. The minimum absolute atomic E-state index is 0.144. The van der Waals surface area contributed by atoms with E-state index in [0.29, 0.717) is 52.1 Å². The van der Waals surface area contributed by atoms with Crippen LogP contribution in [0.4, 0.5) is 4.79 Å². The smallest absolute Gasteiger partial charge is 0.408 e. The van der Waals surface area contributed by atoms with Gasteiger partial charge in [-0.2, -0.15) is 0 Å². The fourth-order valence-electron chi connectivity index (χ4n) is 6.78. The summed E-state index contributed by atoms with van der Waals surface area (Å²) in [6, 6.07) is 16.7. The number of aliphatic hydroxyl groups excluding tert-OH is 1. The molecule has 0 bridgehead atoms. The molecule has 13 heteroatoms. The molecule has 2 aromatic rings. The lowest BCUT2D eigenvalue weighted by atomic mass is 9.83. The summed E-state index contributed by atoms with van der Waals surface area (Å²) in [5, 5.41) is 17.1. The van der Waals surface area contributed by atoms with Crippen LogP contribution >= 0.6 is 0 Å². The summed E-state index contributed by atoms with van der Waals surface area (Å²) in [4.78, 5) is 55.2. The Morgan fingerprint density at radius 2 is 1.53 bits per heavy atom. The highest BCUT2D eigenvalue weighted by Crippen LogP contribution is 2.28. The van der Waals surface area contributed by atoms with Gasteiger partial charge in [0.2, 0.25) is 5.91 Å². The van der Waals surface area contributed by atoms with Crippen molar-refractivity contribution in [3.8, 4) is 0 Å². The van der Waals surface area contributed by atoms with Crippen LogP contribution in [0.15, 0.2) is 60.7 Å². The molecule has 55 heavy (non-hydrogen) atoms. The molecule has 1 saturated carbocycles. The highest BCUT2D eigenvalue weighted by molar-refractivity contribution is 5.87. The molecule has 1 aliphatic carbocycles. The minimum Gasteiger partial charge on any atom is -0.461 e. The number of esters is 2. The molecule has 2 aliphatic rings. The minimum atomic E-state index is -1.68. The van der Waals surface area contributed by atoms with E-state index in [1.165, 1.54) is 0 Å². The normalized spacial score (nSPS) is 17.6. The summed E-state index contributed by atoms with van der Waals surface area (Å²) < 4.78 is 28.2. The van der Waals surface area contributed by atoms with E-state index < -0.39 is 47.9 Å². The number of hydrogen-bond acceptors (Lipinski definition) is 11. The number of benzene rings is 2. The maximum atomic E-state index is 13.9. The second-order valence-corrected chi connectivity index (χ2v) is 15.5. The van der Waals surface area contributed by atoms with Crippen molar-refractivity contribution in [3.05, 3.63) is 71.8 Å². The average molecular weight is 768 g/mol. The number of hydrogen-bond donors (Lipinski definition) is 3. The fraction of sp³-hybridized carbons (Fsp3) is 0.619. The van der Waals surface area contributed by atoms with E-state index >= 15 is 0 Å². The molecule has 4 atom stereocenters. The number of nitrogens with one attached hydrogen (secondary N) is 2. The molecule has 2 amide bonds. The zero-order chi connectivity index (χ0) is 39.5. The monoisotopic (exact) mass is 767 g/mol. The van der Waals surface area contributed by atoms with Crippen LogP contribution < -0.4 is 10.6 Å². The molecule has 2 fully saturated rings. The number of carbonyl (C=O) groups excluding carboxylic acids is 4. The SMILES string of the molecule is CC(C)(C)OC(=O)N[C@H](COCc1ccccc1)C(=O)N[C@@H](CC1CCCCC1)[C@@H](O)C(=O)OC(CCCC(=O)OCc1ccccc1)CN1CCOCC1. The van der Waals surface area contributed by atoms with Crippen LogP contribution in [0.2, 0.25) is 0 Å². The molecule has 1 heterocycles. The Labute approximate surface area is 325 Å². The maximum absolute atomic E-state index is 13.9. The van der Waals surface area contributed by atoms with Gasteiger partial charge in [-0.05, 0) is 57.1 Å². The molecule has 13 nitrogen and oxygen atoms in total. The first-order chi connectivity index (χ1) is 26.4. The third-order valence-electron chi connectivity index (χ3n) is 9.66. The largest absolute Gasteiger partial charge is 0.461 e. The molecule has 1 unspecified atom stereocenters. The van der Waals surface area contributed by atoms with Gasteiger partial charge < -0.3 is 39.4 Å². The Balaban J connectivity index is 1.42. The van der Waals surface area contributed by atoms with Crippen molar-refractivity contribution < 1.29 is 48.0 Å². The standard InChI is InChI=1S/C42H61N3O10/c1-42(2,3)55-41(50)44-36(30-52-28-32-16-9-5-10-17-32)39(48)43-35(26-31-14-7-4-8-15-31)38(47)40(49)54-34(27-45-22-24-51-25-23-45)20-13-21-37(46)53-29-33-18-11-6-12-19-33/h5-6,9-12,16-19,31,34-36,38,47H,4,7-8,13-15,20-30H2,1-3H3,(H,43,48)(H,44,50)/t34?,35-,36+,38+/m0/s1. The Morgan fingerprint density at radius 1 is 0.891 bits per heavy atom. The fourth-order valence-corrected chi connectivity index (χ4v) is 6.78. The van der Waals surface area contributed by atoms with Gasteiger partial charge in [0.15, 0.2) is 6.10 Å². The van der Waals surface area contributed by atoms with Gasteiger partial charge in [0.25, 0.3) is 0 Å². The first kappa shape index (κ1) is 43.7. The topological polar surface area (TPSA) is 162 Å². The number of nitrogens with zero attached hydrogens (tertiary/aromatic N) is 1. The summed E-state index contributed by atoms with van der Waals surface area (Å²) in [7, 11) is 0. The molecule has 0 spiro atoms. The van der Waals surface area contributed by atoms with E-state index in [4.69, 9.17) is 23.7 Å². The van der Waals surface area contributed by atoms with Gasteiger partial charge in [-0.15, -0.1) is 0 Å². The van der Waals surface area contributed by atoms with Crippen LogP contribution in [0.3, 0.4) is 0 Å². The molecule has 3 N–H and O–H groups in total. The Bertz CT molecular complexity index is 1440. The molecule has 1 saturated heterocycles. The first-order valence-corrected chi connectivity index (χ1v) is 19.7. The lowest BCUT2D eigenvalue weighted by molar-refractivity contribution is -0.163. The number of morpholine rings is 1. The Morgan fingerprint density at radius 3 is 2.16 bits per heavy atom. The highest BCUT2D eigenvalue weighted by Gasteiger charge is 2.36. The van der Waals surface area contributed by atoms with Gasteiger partial charge in [0.05, 0.1) is 32.5 Å². The third kappa shape index (κ3) is 17.1. The predicted octanol–water partition coefficient (Wildman–Crippen LogP) is 5.07. The number of amides is 2. The van der Waals surface area contributed by atoms with E-state index in [1.807, 2.05) is 60.7 Å². The van der Waals surface area contributed by atoms with Gasteiger partial charge in [0.1, 0.15) is 24.4 Å². The third-order valence-corrected chi connectivity index (χ3v) is 9.66. The number of rotatable bonds is 20. The van der Waals surface area contributed by atoms with Crippen LogP contribution in [0.5, 0.6) is 0 Å². The average Bonchev–Trinajstić information content (AvgIpc) is 3.17. The van der Waals surface area contributed by atoms with E-state index in [9.17, 15) is 24.3 Å². The number of carbonyl (C=O) groups is 4. The van der Waals surface area contributed by atoms with Crippen molar-refractivity contribution in [2.24, 2.45) is 5.92 Å². The summed E-state index contributed by atoms with van der Waals surface area (Å²) in [6.07, 6.45) is 3.17. The molecule has 1 aliphatic heterocycles. The summed E-state index contributed by atoms with van der Waals surface area (Å²) >= 11 is 0. The van der Waals surface area contributed by atoms with E-state index in [2.05, 4.69) is 15.5 Å². The van der Waals surface area contributed by atoms with Crippen molar-refractivity contribution in [1.82, 2.24) is 15.5 Å². The van der Waals surface area contributed by atoms with Gasteiger partial charge in [-0.3, -0.25) is 14.5 Å². The molecular weight excluding hydrogens is 706 g/mol. The number of aliphatic hydroxyl groups is 1. The Kier molecular flexibility index (Phi) is 18.4. The van der Waals surface area contributed by atoms with Crippen LogP contribution in [0, 0.1) is 5.92 Å². The van der Waals surface area contributed by atoms with Gasteiger partial charge in [-0.25, -0.2) is 9.59 Å². The molecule has 4 rings (SSSR count). The van der Waals surface area contributed by atoms with E-state index in [-0.39, 0.29) is 38.1 Å². The second kappa shape index (κ2) is 23.1. The zero-order valence-electron chi connectivity index (χ0n) is 32.7. The maximum Gasteiger partial charge on any atom is 0.408 e. The van der Waals surface area contributed by atoms with Crippen LogP contribution in [0.1, 0.15) is 89.7 Å². The lowest BCUT2D eigenvalue weighted by Gasteiger charge is -2.33. The molecule has 2 aromatic carbocycles. The number of ether oxygens (including phenoxy) is 5. The van der Waals surface area contributed by atoms with Crippen molar-refractivity contribution in [2.45, 2.75) is 122 Å². The van der Waals surface area contributed by atoms with Crippen molar-refractivity contribution in [3.63, 3.8) is 0 Å². The van der Waals surface area contributed by atoms with Gasteiger partial charge in [0, 0.05) is 26.1 Å². The molecular formula is C42H61N3O10. The zero-order valence-corrected chi connectivity index (χ0v) is 32.7. The van der Waals surface area contributed by atoms with Crippen molar-refractivity contribution in [1.29, 1.82) is 0 Å². The second-order valence-electron chi connectivity index (χ2n) is 15.5. The van der Waals surface area contributed by atoms with Crippen LogP contribution in [0.25, 0.3) is 0 Å². The van der Waals surface area contributed by atoms with Crippen molar-refractivity contribution in [2.75, 3.05) is 39.5 Å². The molecule has 0 radical (unpaired) electrons. The Hall–Kier alpha value is -4.04. The van der Waals surface area contributed by atoms with Gasteiger partial charge >= 0.3 is 18.0 Å². The number of alkyl carbamates (subject to hydrolysis) is 1. The first-order valence-electron chi connectivity index (χ1n) is 19.7. The van der Waals surface area contributed by atoms with Gasteiger partial charge in [-0.1, -0.05) is 92.8 Å². The molecule has 0 aromatic heterocycles. The summed E-state index contributed by atoms with van der Waals surface area (Å²) in [5.74, 6) is -1.65. The lowest BCUT2D eigenvalue weighted by Crippen LogP contribution is -2.56. The molecule has 304 valence electrons. The summed E-state index contributed by atoms with van der Waals surface area (Å²) in [6.45, 7) is 8.21. The van der Waals surface area contributed by atoms with Crippen LogP contribution in [-0.2, 0) is 51.3 Å². The predicted molar refractivity (Wildman–Crippen MR) is 206 cm³/mol. The van der Waals surface area contributed by atoms with Crippen molar-refractivity contribution >= 4 is 23.9 Å². The van der Waals surface area contributed by atoms with E-state index in [0.717, 1.165) is 43.2 Å².